The largest absolute Gasteiger partial charge is 0.304 e. The van der Waals surface area contributed by atoms with E-state index in [0.717, 1.165) is 20.7 Å². The van der Waals surface area contributed by atoms with Crippen LogP contribution in [-0.4, -0.2) is 10.5 Å². The van der Waals surface area contributed by atoms with Crippen LogP contribution in [0.4, 0.5) is 0 Å². The maximum atomic E-state index is 12.2. The molecule has 0 fully saturated rings. The van der Waals surface area contributed by atoms with Gasteiger partial charge in [0, 0.05) is 16.0 Å². The molecule has 0 saturated carbocycles. The molecule has 0 radical (unpaired) electrons. The minimum atomic E-state index is -0.315. The molecule has 0 aliphatic carbocycles. The molecule has 24 heavy (non-hydrogen) atoms. The van der Waals surface area contributed by atoms with E-state index in [1.54, 1.807) is 17.4 Å². The van der Waals surface area contributed by atoms with E-state index in [1.807, 2.05) is 41.1 Å². The highest BCUT2D eigenvalue weighted by atomic mass is 35.5. The summed E-state index contributed by atoms with van der Waals surface area (Å²) in [5, 5.41) is 2.63. The quantitative estimate of drug-likeness (QED) is 0.492. The molecule has 0 atom stereocenters. The topological polar surface area (TPSA) is 34.4 Å². The number of terminal acetylenes is 1. The van der Waals surface area contributed by atoms with Crippen molar-refractivity contribution >= 4 is 56.5 Å². The molecule has 3 rings (SSSR count). The first-order valence-electron chi connectivity index (χ1n) is 7.12. The van der Waals surface area contributed by atoms with Crippen LogP contribution in [0.1, 0.15) is 10.4 Å². The van der Waals surface area contributed by atoms with E-state index in [2.05, 4.69) is 10.9 Å². The summed E-state index contributed by atoms with van der Waals surface area (Å²) in [6, 6.07) is 7.65. The molecule has 1 amide bonds. The summed E-state index contributed by atoms with van der Waals surface area (Å²) in [5.74, 6) is 2.30. The zero-order chi connectivity index (χ0) is 17.1. The number of nitrogens with zero attached hydrogens (tertiary/aromatic N) is 2. The average molecular weight is 373 g/mol. The zero-order valence-electron chi connectivity index (χ0n) is 12.8. The van der Waals surface area contributed by atoms with Gasteiger partial charge < -0.3 is 4.57 Å². The van der Waals surface area contributed by atoms with E-state index in [0.29, 0.717) is 16.4 Å². The lowest BCUT2D eigenvalue weighted by Gasteiger charge is -2.04. The van der Waals surface area contributed by atoms with Crippen molar-refractivity contribution < 1.29 is 4.79 Å². The van der Waals surface area contributed by atoms with Gasteiger partial charge in [-0.3, -0.25) is 4.79 Å². The van der Waals surface area contributed by atoms with Crippen LogP contribution >= 0.6 is 34.3 Å². The predicted octanol–water partition coefficient (Wildman–Crippen LogP) is 4.50. The minimum Gasteiger partial charge on any atom is -0.304 e. The van der Waals surface area contributed by atoms with Crippen LogP contribution in [0.15, 0.2) is 40.7 Å². The van der Waals surface area contributed by atoms with Crippen LogP contribution in [0.25, 0.3) is 16.3 Å². The van der Waals surface area contributed by atoms with E-state index >= 15 is 0 Å². The molecule has 3 aromatic rings. The standard InChI is InChI=1S/C18H13ClN2OS2/c1-3-10-21-17-12(2)14(19)7-8-15(17)24-18(21)20-16(22)9-6-13-5-4-11-23-13/h1,4-9,11H,10H2,2H3. The highest BCUT2D eigenvalue weighted by Gasteiger charge is 2.11. The fourth-order valence-electron chi connectivity index (χ4n) is 2.31. The Balaban J connectivity index is 2.08. The molecule has 0 saturated heterocycles. The van der Waals surface area contributed by atoms with Crippen molar-refractivity contribution in [3.8, 4) is 12.3 Å². The van der Waals surface area contributed by atoms with Gasteiger partial charge in [0.1, 0.15) is 0 Å². The number of thiazole rings is 1. The number of carbonyl (C=O) groups excluding carboxylic acids is 1. The number of thiophene rings is 1. The van der Waals surface area contributed by atoms with Crippen molar-refractivity contribution in [1.29, 1.82) is 0 Å². The predicted molar refractivity (Wildman–Crippen MR) is 102 cm³/mol. The van der Waals surface area contributed by atoms with E-state index < -0.39 is 0 Å². The molecule has 0 unspecified atom stereocenters. The molecular weight excluding hydrogens is 360 g/mol. The van der Waals surface area contributed by atoms with Crippen molar-refractivity contribution in [2.75, 3.05) is 0 Å². The first-order chi connectivity index (χ1) is 11.6. The normalized spacial score (nSPS) is 12.1. The Morgan fingerprint density at radius 3 is 3.00 bits per heavy atom. The van der Waals surface area contributed by atoms with Crippen molar-refractivity contribution in [3.63, 3.8) is 0 Å². The number of aryl methyl sites for hydroxylation is 1. The number of amides is 1. The molecular formula is C18H13ClN2OS2. The van der Waals surface area contributed by atoms with Gasteiger partial charge in [-0.15, -0.1) is 17.8 Å². The third-order valence-electron chi connectivity index (χ3n) is 3.42. The molecule has 120 valence electrons. The first-order valence-corrected chi connectivity index (χ1v) is 9.19. The Labute approximate surface area is 152 Å². The number of fused-ring (bicyclic) bond motifs is 1. The van der Waals surface area contributed by atoms with Gasteiger partial charge in [0.05, 0.1) is 16.8 Å². The third kappa shape index (κ3) is 3.36. The van der Waals surface area contributed by atoms with E-state index in [1.165, 1.54) is 17.4 Å². The summed E-state index contributed by atoms with van der Waals surface area (Å²) in [6.07, 6.45) is 8.71. The monoisotopic (exact) mass is 372 g/mol. The van der Waals surface area contributed by atoms with Crippen LogP contribution in [0.3, 0.4) is 0 Å². The number of hydrogen-bond donors (Lipinski definition) is 0. The van der Waals surface area contributed by atoms with Gasteiger partial charge in [-0.1, -0.05) is 34.9 Å². The van der Waals surface area contributed by atoms with Crippen molar-refractivity contribution in [3.05, 3.63) is 56.0 Å². The second-order valence-electron chi connectivity index (χ2n) is 4.99. The van der Waals surface area contributed by atoms with Gasteiger partial charge >= 0.3 is 0 Å². The summed E-state index contributed by atoms with van der Waals surface area (Å²) in [7, 11) is 0. The number of rotatable bonds is 3. The fraction of sp³-hybridized carbons (Fsp3) is 0.111. The third-order valence-corrected chi connectivity index (χ3v) is 5.71. The summed E-state index contributed by atoms with van der Waals surface area (Å²) in [5.41, 5.74) is 1.86. The SMILES string of the molecule is C#CCn1c(=NC(=O)C=Cc2cccs2)sc2ccc(Cl)c(C)c21. The van der Waals surface area contributed by atoms with Gasteiger partial charge in [0.2, 0.25) is 0 Å². The van der Waals surface area contributed by atoms with Crippen molar-refractivity contribution in [2.45, 2.75) is 13.5 Å². The van der Waals surface area contributed by atoms with Crippen LogP contribution in [-0.2, 0) is 11.3 Å². The Morgan fingerprint density at radius 2 is 2.29 bits per heavy atom. The number of aromatic nitrogens is 1. The highest BCUT2D eigenvalue weighted by Crippen LogP contribution is 2.27. The zero-order valence-corrected chi connectivity index (χ0v) is 15.2. The lowest BCUT2D eigenvalue weighted by molar-refractivity contribution is -0.113. The molecule has 0 aliphatic heterocycles. The van der Waals surface area contributed by atoms with Gasteiger partial charge in [-0.2, -0.15) is 4.99 Å². The fourth-order valence-corrected chi connectivity index (χ4v) is 4.17. The van der Waals surface area contributed by atoms with E-state index in [9.17, 15) is 4.79 Å². The summed E-state index contributed by atoms with van der Waals surface area (Å²) >= 11 is 9.21. The summed E-state index contributed by atoms with van der Waals surface area (Å²) in [4.78, 5) is 18.0. The number of halogens is 1. The van der Waals surface area contributed by atoms with Crippen LogP contribution in [0, 0.1) is 19.3 Å². The van der Waals surface area contributed by atoms with Crippen molar-refractivity contribution in [2.24, 2.45) is 4.99 Å². The Morgan fingerprint density at radius 1 is 1.46 bits per heavy atom. The molecule has 0 N–H and O–H groups in total. The average Bonchev–Trinajstić information content (AvgIpc) is 3.18. The van der Waals surface area contributed by atoms with Crippen molar-refractivity contribution in [1.82, 2.24) is 4.57 Å². The second-order valence-corrected chi connectivity index (χ2v) is 7.39. The molecule has 3 nitrogen and oxygen atoms in total. The smallest absolute Gasteiger partial charge is 0.272 e. The maximum absolute atomic E-state index is 12.2. The summed E-state index contributed by atoms with van der Waals surface area (Å²) < 4.78 is 2.86. The van der Waals surface area contributed by atoms with Crippen LogP contribution < -0.4 is 4.80 Å². The molecule has 0 spiro atoms. The number of hydrogen-bond acceptors (Lipinski definition) is 3. The lowest BCUT2D eigenvalue weighted by Crippen LogP contribution is -2.16. The molecule has 0 bridgehead atoms. The molecule has 0 aliphatic rings. The number of benzene rings is 1. The first kappa shape index (κ1) is 16.7. The van der Waals surface area contributed by atoms with Gasteiger partial charge in [0.25, 0.3) is 5.91 Å². The molecule has 6 heteroatoms. The van der Waals surface area contributed by atoms with E-state index in [-0.39, 0.29) is 5.91 Å². The molecule has 1 aromatic carbocycles. The molecule has 2 aromatic heterocycles. The minimum absolute atomic E-state index is 0.315. The maximum Gasteiger partial charge on any atom is 0.272 e. The number of carbonyl (C=O) groups is 1. The van der Waals surface area contributed by atoms with Gasteiger partial charge in [-0.25, -0.2) is 0 Å². The Hall–Kier alpha value is -2.13. The van der Waals surface area contributed by atoms with Crippen LogP contribution in [0.5, 0.6) is 0 Å². The summed E-state index contributed by atoms with van der Waals surface area (Å²) in [6.45, 7) is 2.27. The van der Waals surface area contributed by atoms with Gasteiger partial charge in [-0.05, 0) is 42.1 Å². The lowest BCUT2D eigenvalue weighted by atomic mass is 10.2. The van der Waals surface area contributed by atoms with Gasteiger partial charge in [0.15, 0.2) is 4.80 Å². The molecule has 2 heterocycles. The second kappa shape index (κ2) is 7.18. The Kier molecular flexibility index (Phi) is 5.00. The van der Waals surface area contributed by atoms with E-state index in [4.69, 9.17) is 18.0 Å². The highest BCUT2D eigenvalue weighted by molar-refractivity contribution is 7.16. The Bertz CT molecular complexity index is 1030. The van der Waals surface area contributed by atoms with Crippen LogP contribution in [0.2, 0.25) is 5.02 Å².